The number of sulfonamides is 1. The van der Waals surface area contributed by atoms with Crippen molar-refractivity contribution in [1.82, 2.24) is 4.98 Å². The quantitative estimate of drug-likeness (QED) is 0.590. The summed E-state index contributed by atoms with van der Waals surface area (Å²) in [4.78, 5) is 16.2. The molecule has 1 aromatic heterocycles. The number of rotatable bonds is 6. The number of hydrogen-bond donors (Lipinski definition) is 2. The number of primary sulfonamides is 1. The van der Waals surface area contributed by atoms with Crippen LogP contribution in [-0.2, 0) is 21.2 Å². The number of pyridine rings is 1. The molecule has 0 saturated carbocycles. The fourth-order valence-electron chi connectivity index (χ4n) is 2.95. The van der Waals surface area contributed by atoms with Crippen molar-refractivity contribution in [2.75, 3.05) is 12.4 Å². The number of halogens is 3. The van der Waals surface area contributed by atoms with Gasteiger partial charge < -0.3 is 14.8 Å². The summed E-state index contributed by atoms with van der Waals surface area (Å²) in [6.07, 6.45) is -4.04. The first-order chi connectivity index (χ1) is 14.5. The number of benzene rings is 2. The second-order valence-corrected chi connectivity index (χ2v) is 7.85. The van der Waals surface area contributed by atoms with E-state index in [1.165, 1.54) is 43.6 Å². The summed E-state index contributed by atoms with van der Waals surface area (Å²) in [5.74, 6) is -1.12. The molecule has 2 aromatic carbocycles. The fourth-order valence-corrected chi connectivity index (χ4v) is 3.72. The van der Waals surface area contributed by atoms with E-state index in [2.05, 4.69) is 15.0 Å². The normalized spacial score (nSPS) is 11.9. The number of alkyl halides is 3. The van der Waals surface area contributed by atoms with Crippen LogP contribution in [0.4, 0.5) is 18.9 Å². The minimum Gasteiger partial charge on any atom is -0.481 e. The lowest BCUT2D eigenvalue weighted by molar-refractivity contribution is -0.274. The molecule has 12 heteroatoms. The van der Waals surface area contributed by atoms with Gasteiger partial charge in [0.1, 0.15) is 5.75 Å². The molecule has 3 rings (SSSR count). The van der Waals surface area contributed by atoms with Crippen molar-refractivity contribution in [3.8, 4) is 11.6 Å². The lowest BCUT2D eigenvalue weighted by atomic mass is 10.1. The molecule has 0 radical (unpaired) electrons. The van der Waals surface area contributed by atoms with E-state index >= 15 is 0 Å². The Kier molecular flexibility index (Phi) is 6.04. The molecule has 1 heterocycles. The number of para-hydroxylation sites is 1. The summed E-state index contributed by atoms with van der Waals surface area (Å²) in [6, 6.07) is 9.18. The highest BCUT2D eigenvalue weighted by Gasteiger charge is 2.32. The number of amides is 1. The van der Waals surface area contributed by atoms with Crippen LogP contribution in [0.5, 0.6) is 11.6 Å². The zero-order valence-corrected chi connectivity index (χ0v) is 16.8. The highest BCUT2D eigenvalue weighted by molar-refractivity contribution is 7.89. The molecule has 0 aliphatic heterocycles. The van der Waals surface area contributed by atoms with Gasteiger partial charge in [-0.2, -0.15) is 0 Å². The van der Waals surface area contributed by atoms with Crippen molar-refractivity contribution >= 4 is 32.4 Å². The molecule has 0 bridgehead atoms. The van der Waals surface area contributed by atoms with E-state index in [4.69, 9.17) is 9.88 Å². The van der Waals surface area contributed by atoms with Gasteiger partial charge in [-0.25, -0.2) is 18.5 Å². The van der Waals surface area contributed by atoms with Crippen LogP contribution < -0.4 is 19.9 Å². The monoisotopic (exact) mass is 455 g/mol. The van der Waals surface area contributed by atoms with Gasteiger partial charge in [-0.15, -0.1) is 13.2 Å². The second-order valence-electron chi connectivity index (χ2n) is 6.32. The van der Waals surface area contributed by atoms with Crippen LogP contribution in [0.1, 0.15) is 5.56 Å². The summed E-state index contributed by atoms with van der Waals surface area (Å²) in [5, 5.41) is 8.25. The number of ether oxygens (including phenoxy) is 2. The van der Waals surface area contributed by atoms with Gasteiger partial charge in [-0.05, 0) is 24.3 Å². The zero-order valence-electron chi connectivity index (χ0n) is 15.9. The highest BCUT2D eigenvalue weighted by atomic mass is 32.2. The van der Waals surface area contributed by atoms with E-state index < -0.39 is 34.5 Å². The number of carbonyl (C=O) groups is 1. The Hall–Kier alpha value is -3.38. The van der Waals surface area contributed by atoms with Crippen molar-refractivity contribution in [3.05, 3.63) is 54.2 Å². The number of fused-ring (bicyclic) bond motifs is 1. The summed E-state index contributed by atoms with van der Waals surface area (Å²) in [5.41, 5.74) is 0.0334. The molecule has 0 aliphatic rings. The molecule has 0 unspecified atom stereocenters. The van der Waals surface area contributed by atoms with Crippen molar-refractivity contribution in [3.63, 3.8) is 0 Å². The molecule has 0 saturated heterocycles. The zero-order chi connectivity index (χ0) is 22.8. The Morgan fingerprint density at radius 2 is 1.87 bits per heavy atom. The van der Waals surface area contributed by atoms with Gasteiger partial charge in [0.15, 0.2) is 0 Å². The first kappa shape index (κ1) is 22.3. The Morgan fingerprint density at radius 3 is 2.52 bits per heavy atom. The smallest absolute Gasteiger partial charge is 0.481 e. The molecule has 3 N–H and O–H groups in total. The van der Waals surface area contributed by atoms with E-state index in [0.717, 1.165) is 12.1 Å². The second kappa shape index (κ2) is 8.40. The van der Waals surface area contributed by atoms with E-state index in [0.29, 0.717) is 0 Å². The van der Waals surface area contributed by atoms with Gasteiger partial charge >= 0.3 is 6.36 Å². The van der Waals surface area contributed by atoms with Crippen LogP contribution in [-0.4, -0.2) is 32.8 Å². The van der Waals surface area contributed by atoms with Crippen LogP contribution in [0.25, 0.3) is 10.8 Å². The number of hydrogen-bond acceptors (Lipinski definition) is 6. The number of methoxy groups -OCH3 is 1. The Balaban J connectivity index is 1.95. The molecule has 164 valence electrons. The third kappa shape index (κ3) is 5.41. The lowest BCUT2D eigenvalue weighted by Crippen LogP contribution is -2.20. The average Bonchev–Trinajstić information content (AvgIpc) is 2.66. The van der Waals surface area contributed by atoms with Crippen LogP contribution in [0.15, 0.2) is 53.6 Å². The van der Waals surface area contributed by atoms with Crippen LogP contribution >= 0.6 is 0 Å². The molecule has 0 spiro atoms. The Labute approximate surface area is 174 Å². The van der Waals surface area contributed by atoms with E-state index in [1.807, 2.05) is 0 Å². The number of nitrogens with two attached hydrogens (primary N) is 1. The Morgan fingerprint density at radius 1 is 1.16 bits per heavy atom. The molecule has 1 amide bonds. The minimum atomic E-state index is -4.92. The number of nitrogens with zero attached hydrogens (tertiary/aromatic N) is 1. The van der Waals surface area contributed by atoms with E-state index in [1.54, 1.807) is 0 Å². The molecule has 8 nitrogen and oxygen atoms in total. The number of anilines is 1. The molecule has 0 fully saturated rings. The topological polar surface area (TPSA) is 121 Å². The van der Waals surface area contributed by atoms with Gasteiger partial charge in [-0.1, -0.05) is 18.2 Å². The van der Waals surface area contributed by atoms with Crippen LogP contribution in [0.2, 0.25) is 0 Å². The van der Waals surface area contributed by atoms with Gasteiger partial charge in [0.25, 0.3) is 0 Å². The van der Waals surface area contributed by atoms with Crippen molar-refractivity contribution in [2.45, 2.75) is 17.7 Å². The van der Waals surface area contributed by atoms with Crippen molar-refractivity contribution < 1.29 is 35.9 Å². The number of carbonyl (C=O) groups excluding carboxylic acids is 1. The first-order valence-electron chi connectivity index (χ1n) is 8.61. The maximum absolute atomic E-state index is 12.6. The van der Waals surface area contributed by atoms with Crippen LogP contribution in [0, 0.1) is 0 Å². The number of nitrogens with one attached hydrogen (secondary N) is 1. The predicted octanol–water partition coefficient (Wildman–Crippen LogP) is 2.97. The molecular formula is C19H16F3N3O5S. The van der Waals surface area contributed by atoms with Gasteiger partial charge in [-0.3, -0.25) is 4.79 Å². The van der Waals surface area contributed by atoms with Crippen molar-refractivity contribution in [1.29, 1.82) is 0 Å². The van der Waals surface area contributed by atoms with E-state index in [-0.39, 0.29) is 32.8 Å². The average molecular weight is 455 g/mol. The molecule has 31 heavy (non-hydrogen) atoms. The summed E-state index contributed by atoms with van der Waals surface area (Å²) >= 11 is 0. The number of aromatic nitrogens is 1. The summed E-state index contributed by atoms with van der Waals surface area (Å²) in [7, 11) is -2.84. The van der Waals surface area contributed by atoms with Gasteiger partial charge in [0.2, 0.25) is 21.8 Å². The van der Waals surface area contributed by atoms with Gasteiger partial charge in [0.05, 0.1) is 18.4 Å². The SMILES string of the molecule is COc1nccc2c(S(N)(=O)=O)cc(NC(=O)Cc3ccccc3OC(F)(F)F)cc12. The molecule has 0 aliphatic carbocycles. The van der Waals surface area contributed by atoms with Gasteiger partial charge in [0, 0.05) is 28.2 Å². The van der Waals surface area contributed by atoms with Crippen LogP contribution in [0.3, 0.4) is 0 Å². The third-order valence-electron chi connectivity index (χ3n) is 4.14. The predicted molar refractivity (Wildman–Crippen MR) is 105 cm³/mol. The first-order valence-corrected chi connectivity index (χ1v) is 10.2. The maximum atomic E-state index is 12.6. The largest absolute Gasteiger partial charge is 0.573 e. The minimum absolute atomic E-state index is 0.0102. The molecule has 0 atom stereocenters. The molecular weight excluding hydrogens is 439 g/mol. The third-order valence-corrected chi connectivity index (χ3v) is 5.09. The Bertz CT molecular complexity index is 1250. The summed E-state index contributed by atoms with van der Waals surface area (Å²) < 4.78 is 70.8. The standard InChI is InChI=1S/C19H16F3N3O5S/c1-29-18-14-9-12(10-16(31(23,27)28)13(14)6-7-24-18)25-17(26)8-11-4-2-3-5-15(11)30-19(20,21)22/h2-7,9-10H,8H2,1H3,(H,25,26)(H2,23,27,28). The maximum Gasteiger partial charge on any atom is 0.573 e. The van der Waals surface area contributed by atoms with Crippen molar-refractivity contribution in [2.24, 2.45) is 5.14 Å². The highest BCUT2D eigenvalue weighted by Crippen LogP contribution is 2.32. The van der Waals surface area contributed by atoms with E-state index in [9.17, 15) is 26.4 Å². The summed E-state index contributed by atoms with van der Waals surface area (Å²) in [6.45, 7) is 0. The molecule has 3 aromatic rings. The lowest BCUT2D eigenvalue weighted by Gasteiger charge is -2.14. The fraction of sp³-hybridized carbons (Fsp3) is 0.158.